The molecule has 1 N–H and O–H groups in total. The van der Waals surface area contributed by atoms with E-state index in [1.165, 1.54) is 11.3 Å². The van der Waals surface area contributed by atoms with E-state index >= 15 is 0 Å². The third kappa shape index (κ3) is 5.57. The number of hydrogen-bond donors (Lipinski definition) is 1. The van der Waals surface area contributed by atoms with Gasteiger partial charge in [0.2, 0.25) is 11.8 Å². The standard InChI is InChI=1S/C26H27ClN2O3S/c1-32-20-11-6-8-18(16-20)25(26(31)28-19-9-2-3-10-19)29(23-14-5-4-13-22(23)27)24(30)17-21-12-7-15-33-21/h4-8,11-16,19,25H,2-3,9-10,17H2,1H3,(H,28,31)/t25-/m1/s1. The van der Waals surface area contributed by atoms with Gasteiger partial charge in [-0.25, -0.2) is 0 Å². The summed E-state index contributed by atoms with van der Waals surface area (Å²) in [7, 11) is 1.58. The van der Waals surface area contributed by atoms with Gasteiger partial charge in [-0.2, -0.15) is 0 Å². The molecule has 2 amide bonds. The highest BCUT2D eigenvalue weighted by atomic mass is 35.5. The number of benzene rings is 2. The number of para-hydroxylation sites is 1. The van der Waals surface area contributed by atoms with Crippen molar-refractivity contribution in [2.45, 2.75) is 44.2 Å². The van der Waals surface area contributed by atoms with Crippen molar-refractivity contribution >= 4 is 40.4 Å². The molecular weight excluding hydrogens is 456 g/mol. The quantitative estimate of drug-likeness (QED) is 0.442. The topological polar surface area (TPSA) is 58.6 Å². The van der Waals surface area contributed by atoms with E-state index in [0.717, 1.165) is 30.6 Å². The van der Waals surface area contributed by atoms with Crippen molar-refractivity contribution in [3.63, 3.8) is 0 Å². The fraction of sp³-hybridized carbons (Fsp3) is 0.308. The highest BCUT2D eigenvalue weighted by Crippen LogP contribution is 2.35. The van der Waals surface area contributed by atoms with Crippen LogP contribution in [0.25, 0.3) is 0 Å². The van der Waals surface area contributed by atoms with Crippen LogP contribution in [0.4, 0.5) is 5.69 Å². The zero-order chi connectivity index (χ0) is 23.2. The summed E-state index contributed by atoms with van der Waals surface area (Å²) in [6, 6.07) is 17.5. The van der Waals surface area contributed by atoms with Crippen molar-refractivity contribution in [3.8, 4) is 5.75 Å². The van der Waals surface area contributed by atoms with Gasteiger partial charge in [0.1, 0.15) is 11.8 Å². The zero-order valence-corrected chi connectivity index (χ0v) is 20.1. The van der Waals surface area contributed by atoms with Crippen molar-refractivity contribution in [1.29, 1.82) is 0 Å². The first-order valence-electron chi connectivity index (χ1n) is 11.1. The Morgan fingerprint density at radius 1 is 1.12 bits per heavy atom. The van der Waals surface area contributed by atoms with Crippen LogP contribution in [0, 0.1) is 0 Å². The van der Waals surface area contributed by atoms with Gasteiger partial charge in [0, 0.05) is 10.9 Å². The molecule has 1 aromatic heterocycles. The molecule has 7 heteroatoms. The second kappa shape index (κ2) is 10.9. The Kier molecular flexibility index (Phi) is 7.68. The largest absolute Gasteiger partial charge is 0.497 e. The van der Waals surface area contributed by atoms with Gasteiger partial charge in [0.25, 0.3) is 0 Å². The minimum Gasteiger partial charge on any atom is -0.497 e. The van der Waals surface area contributed by atoms with E-state index in [1.54, 1.807) is 30.2 Å². The maximum Gasteiger partial charge on any atom is 0.248 e. The van der Waals surface area contributed by atoms with E-state index < -0.39 is 6.04 Å². The number of halogens is 1. The van der Waals surface area contributed by atoms with E-state index in [1.807, 2.05) is 47.8 Å². The summed E-state index contributed by atoms with van der Waals surface area (Å²) >= 11 is 8.08. The molecule has 4 rings (SSSR count). The Bertz CT molecular complexity index is 1100. The van der Waals surface area contributed by atoms with Gasteiger partial charge in [-0.05, 0) is 54.1 Å². The maximum atomic E-state index is 13.7. The summed E-state index contributed by atoms with van der Waals surface area (Å²) in [6.45, 7) is 0. The predicted molar refractivity (Wildman–Crippen MR) is 133 cm³/mol. The summed E-state index contributed by atoms with van der Waals surface area (Å²) in [4.78, 5) is 30.0. The lowest BCUT2D eigenvalue weighted by molar-refractivity contribution is -0.127. The highest BCUT2D eigenvalue weighted by Gasteiger charge is 2.35. The molecule has 0 saturated heterocycles. The van der Waals surface area contributed by atoms with Crippen molar-refractivity contribution in [1.82, 2.24) is 5.32 Å². The number of rotatable bonds is 8. The summed E-state index contributed by atoms with van der Waals surface area (Å²) in [5.74, 6) is 0.213. The van der Waals surface area contributed by atoms with E-state index in [2.05, 4.69) is 5.32 Å². The molecule has 3 aromatic rings. The molecule has 33 heavy (non-hydrogen) atoms. The van der Waals surface area contributed by atoms with E-state index in [9.17, 15) is 9.59 Å². The number of amides is 2. The van der Waals surface area contributed by atoms with E-state index in [4.69, 9.17) is 16.3 Å². The SMILES string of the molecule is COc1cccc([C@H](C(=O)NC2CCCC2)N(C(=O)Cc2cccs2)c2ccccc2Cl)c1. The molecule has 5 nitrogen and oxygen atoms in total. The third-order valence-corrected chi connectivity index (χ3v) is 7.10. The molecule has 2 aromatic carbocycles. The smallest absolute Gasteiger partial charge is 0.248 e. The Morgan fingerprint density at radius 2 is 1.91 bits per heavy atom. The number of ether oxygens (including phenoxy) is 1. The fourth-order valence-electron chi connectivity index (χ4n) is 4.29. The molecule has 172 valence electrons. The lowest BCUT2D eigenvalue weighted by Crippen LogP contribution is -2.47. The first-order chi connectivity index (χ1) is 16.1. The predicted octanol–water partition coefficient (Wildman–Crippen LogP) is 5.79. The van der Waals surface area contributed by atoms with Gasteiger partial charge < -0.3 is 10.1 Å². The molecule has 0 spiro atoms. The van der Waals surface area contributed by atoms with Gasteiger partial charge >= 0.3 is 0 Å². The van der Waals surface area contributed by atoms with E-state index in [0.29, 0.717) is 22.0 Å². The summed E-state index contributed by atoms with van der Waals surface area (Å²) in [6.07, 6.45) is 4.28. The van der Waals surface area contributed by atoms with Crippen molar-refractivity contribution in [2.24, 2.45) is 0 Å². The second-order valence-corrected chi connectivity index (χ2v) is 9.58. The lowest BCUT2D eigenvalue weighted by atomic mass is 10.0. The number of carbonyl (C=O) groups excluding carboxylic acids is 2. The van der Waals surface area contributed by atoms with Crippen LogP contribution >= 0.6 is 22.9 Å². The second-order valence-electron chi connectivity index (χ2n) is 8.14. The van der Waals surface area contributed by atoms with Crippen molar-refractivity contribution in [2.75, 3.05) is 12.0 Å². The number of hydrogen-bond acceptors (Lipinski definition) is 4. The van der Waals surface area contributed by atoms with Crippen LogP contribution in [0.2, 0.25) is 5.02 Å². The van der Waals surface area contributed by atoms with Gasteiger partial charge in [-0.1, -0.05) is 54.8 Å². The molecule has 1 aliphatic carbocycles. The third-order valence-electron chi connectivity index (χ3n) is 5.90. The lowest BCUT2D eigenvalue weighted by Gasteiger charge is -2.33. The average Bonchev–Trinajstić information content (AvgIpc) is 3.52. The zero-order valence-electron chi connectivity index (χ0n) is 18.5. The Labute approximate surface area is 203 Å². The Morgan fingerprint density at radius 3 is 2.61 bits per heavy atom. The average molecular weight is 483 g/mol. The Hall–Kier alpha value is -2.83. The molecule has 0 bridgehead atoms. The molecule has 1 heterocycles. The monoisotopic (exact) mass is 482 g/mol. The van der Waals surface area contributed by atoms with Crippen LogP contribution in [-0.2, 0) is 16.0 Å². The first-order valence-corrected chi connectivity index (χ1v) is 12.4. The number of carbonyl (C=O) groups is 2. The van der Waals surface area contributed by atoms with Crippen LogP contribution < -0.4 is 15.0 Å². The number of nitrogens with one attached hydrogen (secondary N) is 1. The summed E-state index contributed by atoms with van der Waals surface area (Å²) in [5, 5.41) is 5.54. The van der Waals surface area contributed by atoms with Crippen molar-refractivity contribution < 1.29 is 14.3 Å². The molecule has 1 aliphatic rings. The van der Waals surface area contributed by atoms with Gasteiger partial charge in [0.15, 0.2) is 0 Å². The molecule has 1 fully saturated rings. The number of thiophene rings is 1. The van der Waals surface area contributed by atoms with Gasteiger partial charge in [-0.15, -0.1) is 11.3 Å². The minimum absolute atomic E-state index is 0.117. The van der Waals surface area contributed by atoms with Crippen molar-refractivity contribution in [3.05, 3.63) is 81.5 Å². The molecule has 1 atom stereocenters. The van der Waals surface area contributed by atoms with Crippen LogP contribution in [-0.4, -0.2) is 25.0 Å². The van der Waals surface area contributed by atoms with Gasteiger partial charge in [-0.3, -0.25) is 14.5 Å². The number of nitrogens with zero attached hydrogens (tertiary/aromatic N) is 1. The van der Waals surface area contributed by atoms with Crippen LogP contribution in [0.5, 0.6) is 5.75 Å². The molecule has 0 radical (unpaired) electrons. The molecule has 0 unspecified atom stereocenters. The highest BCUT2D eigenvalue weighted by molar-refractivity contribution is 7.10. The first kappa shape index (κ1) is 23.3. The Balaban J connectivity index is 1.79. The van der Waals surface area contributed by atoms with Gasteiger partial charge in [0.05, 0.1) is 24.2 Å². The molecular formula is C26H27ClN2O3S. The summed E-state index contributed by atoms with van der Waals surface area (Å²) < 4.78 is 5.41. The normalized spacial score (nSPS) is 14.6. The van der Waals surface area contributed by atoms with Crippen LogP contribution in [0.15, 0.2) is 66.0 Å². The van der Waals surface area contributed by atoms with Crippen LogP contribution in [0.3, 0.4) is 0 Å². The molecule has 0 aliphatic heterocycles. The molecule has 1 saturated carbocycles. The summed E-state index contributed by atoms with van der Waals surface area (Å²) in [5.41, 5.74) is 1.18. The number of anilines is 1. The number of methoxy groups -OCH3 is 1. The minimum atomic E-state index is -0.881. The van der Waals surface area contributed by atoms with E-state index in [-0.39, 0.29) is 24.3 Å². The van der Waals surface area contributed by atoms with Crippen LogP contribution in [0.1, 0.15) is 42.2 Å². The maximum absolute atomic E-state index is 13.7. The fourth-order valence-corrected chi connectivity index (χ4v) is 5.21.